The van der Waals surface area contributed by atoms with Crippen LogP contribution in [-0.4, -0.2) is 63.4 Å². The number of benzene rings is 2. The maximum absolute atomic E-state index is 13.0. The predicted octanol–water partition coefficient (Wildman–Crippen LogP) is 2.92. The summed E-state index contributed by atoms with van der Waals surface area (Å²) in [6, 6.07) is 16.0. The van der Waals surface area contributed by atoms with Crippen LogP contribution >= 0.6 is 0 Å². The molecular formula is C26H32N4O4S. The number of nitrogens with one attached hydrogen (secondary N) is 1. The van der Waals surface area contributed by atoms with E-state index in [0.717, 1.165) is 37.2 Å². The Bertz CT molecular complexity index is 1160. The molecule has 0 radical (unpaired) electrons. The van der Waals surface area contributed by atoms with Crippen LogP contribution in [0.3, 0.4) is 0 Å². The van der Waals surface area contributed by atoms with Crippen molar-refractivity contribution < 1.29 is 17.9 Å². The number of hydrogen-bond acceptors (Lipinski definition) is 6. The number of sulfonamides is 1. The Balaban J connectivity index is 1.35. The lowest BCUT2D eigenvalue weighted by Crippen LogP contribution is -2.44. The van der Waals surface area contributed by atoms with Gasteiger partial charge in [0.15, 0.2) is 0 Å². The molecule has 2 saturated heterocycles. The lowest BCUT2D eigenvalue weighted by molar-refractivity contribution is -0.126. The van der Waals surface area contributed by atoms with E-state index in [1.807, 2.05) is 24.3 Å². The van der Waals surface area contributed by atoms with Crippen molar-refractivity contribution in [2.24, 2.45) is 5.92 Å². The van der Waals surface area contributed by atoms with Gasteiger partial charge in [-0.3, -0.25) is 9.69 Å². The number of carbonyl (C=O) groups excluding carboxylic acids is 1. The fourth-order valence-electron chi connectivity index (χ4n) is 4.91. The van der Waals surface area contributed by atoms with Crippen LogP contribution < -0.4 is 10.1 Å². The molecule has 0 aliphatic carbocycles. The van der Waals surface area contributed by atoms with E-state index in [0.29, 0.717) is 38.0 Å². The smallest absolute Gasteiger partial charge is 0.243 e. The van der Waals surface area contributed by atoms with Crippen LogP contribution in [-0.2, 0) is 14.8 Å². The van der Waals surface area contributed by atoms with Crippen molar-refractivity contribution in [3.63, 3.8) is 0 Å². The molecule has 0 spiro atoms. The van der Waals surface area contributed by atoms with Crippen molar-refractivity contribution in [3.8, 4) is 11.8 Å². The Morgan fingerprint density at radius 2 is 1.80 bits per heavy atom. The largest absolute Gasteiger partial charge is 0.497 e. The average molecular weight is 497 g/mol. The van der Waals surface area contributed by atoms with Gasteiger partial charge in [-0.2, -0.15) is 9.57 Å². The second kappa shape index (κ2) is 11.2. The third kappa shape index (κ3) is 5.84. The van der Waals surface area contributed by atoms with E-state index in [4.69, 9.17) is 10.00 Å². The van der Waals surface area contributed by atoms with Gasteiger partial charge in [0.05, 0.1) is 29.7 Å². The van der Waals surface area contributed by atoms with Crippen LogP contribution in [0.4, 0.5) is 0 Å². The van der Waals surface area contributed by atoms with Gasteiger partial charge in [-0.1, -0.05) is 12.1 Å². The maximum Gasteiger partial charge on any atom is 0.243 e. The summed E-state index contributed by atoms with van der Waals surface area (Å²) in [7, 11) is -1.99. The highest BCUT2D eigenvalue weighted by Gasteiger charge is 2.33. The summed E-state index contributed by atoms with van der Waals surface area (Å²) in [6.45, 7) is 3.11. The van der Waals surface area contributed by atoms with Gasteiger partial charge in [-0.05, 0) is 80.7 Å². The van der Waals surface area contributed by atoms with Crippen molar-refractivity contribution >= 4 is 15.9 Å². The molecule has 35 heavy (non-hydrogen) atoms. The van der Waals surface area contributed by atoms with Crippen LogP contribution in [0.25, 0.3) is 0 Å². The van der Waals surface area contributed by atoms with Gasteiger partial charge in [0.25, 0.3) is 0 Å². The molecule has 0 saturated carbocycles. The number of rotatable bonds is 8. The van der Waals surface area contributed by atoms with E-state index in [1.165, 1.54) is 28.6 Å². The Labute approximate surface area is 207 Å². The van der Waals surface area contributed by atoms with E-state index in [1.54, 1.807) is 7.11 Å². The number of nitriles is 1. The molecule has 2 aliphatic heterocycles. The highest BCUT2D eigenvalue weighted by Crippen LogP contribution is 2.28. The molecule has 186 valence electrons. The number of ether oxygens (including phenoxy) is 1. The molecule has 4 rings (SSSR count). The SMILES string of the molecule is COc1cccc(C(CNC(=O)C2CCN(S(=O)(=O)c3ccc(C#N)cc3)CC2)N2CCCC2)c1. The van der Waals surface area contributed by atoms with Crippen molar-refractivity contribution in [1.29, 1.82) is 5.26 Å². The molecule has 1 amide bonds. The molecule has 8 nitrogen and oxygen atoms in total. The van der Waals surface area contributed by atoms with Crippen LogP contribution in [0.15, 0.2) is 53.4 Å². The van der Waals surface area contributed by atoms with Gasteiger partial charge in [0.1, 0.15) is 5.75 Å². The first-order valence-corrected chi connectivity index (χ1v) is 13.5. The number of hydrogen-bond donors (Lipinski definition) is 1. The first kappa shape index (κ1) is 25.2. The van der Waals surface area contributed by atoms with Crippen LogP contribution in [0.2, 0.25) is 0 Å². The number of likely N-dealkylation sites (tertiary alicyclic amines) is 1. The van der Waals surface area contributed by atoms with Crippen LogP contribution in [0, 0.1) is 17.2 Å². The van der Waals surface area contributed by atoms with Crippen LogP contribution in [0.1, 0.15) is 42.9 Å². The zero-order chi connectivity index (χ0) is 24.8. The Morgan fingerprint density at radius 1 is 1.11 bits per heavy atom. The number of nitrogens with zero attached hydrogens (tertiary/aromatic N) is 3. The fraction of sp³-hybridized carbons (Fsp3) is 0.462. The van der Waals surface area contributed by atoms with Gasteiger partial charge in [0.2, 0.25) is 15.9 Å². The molecule has 0 bridgehead atoms. The van der Waals surface area contributed by atoms with Crippen molar-refractivity contribution in [2.75, 3.05) is 39.8 Å². The third-order valence-corrected chi connectivity index (χ3v) is 8.89. The minimum Gasteiger partial charge on any atom is -0.497 e. The molecule has 9 heteroatoms. The molecular weight excluding hydrogens is 464 g/mol. The topological polar surface area (TPSA) is 103 Å². The molecule has 2 fully saturated rings. The molecule has 2 heterocycles. The highest BCUT2D eigenvalue weighted by atomic mass is 32.2. The summed E-state index contributed by atoms with van der Waals surface area (Å²) in [4.78, 5) is 15.6. The predicted molar refractivity (Wildman–Crippen MR) is 132 cm³/mol. The maximum atomic E-state index is 13.0. The van der Waals surface area contributed by atoms with Crippen molar-refractivity contribution in [2.45, 2.75) is 36.6 Å². The monoisotopic (exact) mass is 496 g/mol. The first-order valence-electron chi connectivity index (χ1n) is 12.1. The number of piperidine rings is 1. The third-order valence-electron chi connectivity index (χ3n) is 6.98. The quantitative estimate of drug-likeness (QED) is 0.603. The van der Waals surface area contributed by atoms with Crippen LogP contribution in [0.5, 0.6) is 5.75 Å². The number of carbonyl (C=O) groups is 1. The normalized spacial score (nSPS) is 18.6. The Hall–Kier alpha value is -2.93. The Kier molecular flexibility index (Phi) is 8.06. The lowest BCUT2D eigenvalue weighted by atomic mass is 9.97. The number of methoxy groups -OCH3 is 1. The molecule has 1 unspecified atom stereocenters. The molecule has 0 aromatic heterocycles. The molecule has 1 atom stereocenters. The lowest BCUT2D eigenvalue weighted by Gasteiger charge is -2.32. The summed E-state index contributed by atoms with van der Waals surface area (Å²) in [5.41, 5.74) is 1.54. The second-order valence-electron chi connectivity index (χ2n) is 9.10. The van der Waals surface area contributed by atoms with Gasteiger partial charge in [0, 0.05) is 25.6 Å². The second-order valence-corrected chi connectivity index (χ2v) is 11.0. The standard InChI is InChI=1S/C26H32N4O4S/c1-34-23-6-4-5-22(17-23)25(29-13-2-3-14-29)19-28-26(31)21-11-15-30(16-12-21)35(32,33)24-9-7-20(18-27)8-10-24/h4-10,17,21,25H,2-3,11-16,19H2,1H3,(H,28,31). The van der Waals surface area contributed by atoms with Gasteiger partial charge < -0.3 is 10.1 Å². The summed E-state index contributed by atoms with van der Waals surface area (Å²) in [5, 5.41) is 12.1. The highest BCUT2D eigenvalue weighted by molar-refractivity contribution is 7.89. The van der Waals surface area contributed by atoms with Gasteiger partial charge >= 0.3 is 0 Å². The molecule has 1 N–H and O–H groups in total. The summed E-state index contributed by atoms with van der Waals surface area (Å²) < 4.78 is 32.8. The molecule has 2 aromatic carbocycles. The van der Waals surface area contributed by atoms with E-state index in [9.17, 15) is 13.2 Å². The summed E-state index contributed by atoms with van der Waals surface area (Å²) in [5.74, 6) is 0.563. The minimum absolute atomic E-state index is 0.0208. The van der Waals surface area contributed by atoms with E-state index >= 15 is 0 Å². The van der Waals surface area contributed by atoms with E-state index < -0.39 is 10.0 Å². The first-order chi connectivity index (χ1) is 16.9. The van der Waals surface area contributed by atoms with Crippen molar-refractivity contribution in [3.05, 3.63) is 59.7 Å². The minimum atomic E-state index is -3.64. The zero-order valence-electron chi connectivity index (χ0n) is 20.0. The number of amides is 1. The van der Waals surface area contributed by atoms with Gasteiger partial charge in [-0.25, -0.2) is 8.42 Å². The average Bonchev–Trinajstić information content (AvgIpc) is 3.43. The Morgan fingerprint density at radius 3 is 2.43 bits per heavy atom. The van der Waals surface area contributed by atoms with Gasteiger partial charge in [-0.15, -0.1) is 0 Å². The fourth-order valence-corrected chi connectivity index (χ4v) is 6.38. The van der Waals surface area contributed by atoms with Crippen molar-refractivity contribution in [1.82, 2.24) is 14.5 Å². The van der Waals surface area contributed by atoms with E-state index in [2.05, 4.69) is 16.3 Å². The molecule has 2 aromatic rings. The summed E-state index contributed by atoms with van der Waals surface area (Å²) >= 11 is 0. The molecule has 2 aliphatic rings. The summed E-state index contributed by atoms with van der Waals surface area (Å²) in [6.07, 6.45) is 3.27. The zero-order valence-corrected chi connectivity index (χ0v) is 20.8. The van der Waals surface area contributed by atoms with E-state index in [-0.39, 0.29) is 22.8 Å².